The highest BCUT2D eigenvalue weighted by atomic mass is 32.1. The van der Waals surface area contributed by atoms with E-state index >= 15 is 0 Å². The van der Waals surface area contributed by atoms with Crippen molar-refractivity contribution in [1.82, 2.24) is 10.6 Å². The van der Waals surface area contributed by atoms with E-state index < -0.39 is 0 Å². The summed E-state index contributed by atoms with van der Waals surface area (Å²) in [7, 11) is 0. The van der Waals surface area contributed by atoms with Crippen molar-refractivity contribution in [1.29, 1.82) is 0 Å². The maximum atomic E-state index is 5.11. The van der Waals surface area contributed by atoms with Gasteiger partial charge in [-0.05, 0) is 24.1 Å². The Kier molecular flexibility index (Phi) is 6.04. The van der Waals surface area contributed by atoms with Gasteiger partial charge in [-0.1, -0.05) is 34.1 Å². The first kappa shape index (κ1) is 12.7. The van der Waals surface area contributed by atoms with E-state index in [1.807, 2.05) is 0 Å². The van der Waals surface area contributed by atoms with Crippen molar-refractivity contribution in [2.75, 3.05) is 13.1 Å². The summed E-state index contributed by atoms with van der Waals surface area (Å²) in [5, 5.41) is 7.16. The SMILES string of the molecule is CCCCNC(=S)NCC(C)(C)C. The summed E-state index contributed by atoms with van der Waals surface area (Å²) in [6, 6.07) is 0. The first-order valence-electron chi connectivity index (χ1n) is 4.97. The van der Waals surface area contributed by atoms with Gasteiger partial charge in [0.15, 0.2) is 5.11 Å². The zero-order chi connectivity index (χ0) is 10.3. The molecule has 0 amide bonds. The fourth-order valence-electron chi connectivity index (χ4n) is 0.787. The van der Waals surface area contributed by atoms with Gasteiger partial charge in [0.05, 0.1) is 0 Å². The number of hydrogen-bond acceptors (Lipinski definition) is 1. The van der Waals surface area contributed by atoms with Gasteiger partial charge in [0.25, 0.3) is 0 Å². The Balaban J connectivity index is 3.41. The molecule has 0 bridgehead atoms. The Bertz CT molecular complexity index is 149. The van der Waals surface area contributed by atoms with Gasteiger partial charge in [0.1, 0.15) is 0 Å². The van der Waals surface area contributed by atoms with Crippen molar-refractivity contribution >= 4 is 17.3 Å². The highest BCUT2D eigenvalue weighted by molar-refractivity contribution is 7.80. The zero-order valence-electron chi connectivity index (χ0n) is 9.24. The van der Waals surface area contributed by atoms with E-state index in [0.29, 0.717) is 0 Å². The van der Waals surface area contributed by atoms with Crippen LogP contribution in [0.4, 0.5) is 0 Å². The lowest BCUT2D eigenvalue weighted by molar-refractivity contribution is 0.408. The van der Waals surface area contributed by atoms with E-state index in [4.69, 9.17) is 12.2 Å². The van der Waals surface area contributed by atoms with Crippen molar-refractivity contribution in [2.45, 2.75) is 40.5 Å². The van der Waals surface area contributed by atoms with Crippen LogP contribution < -0.4 is 10.6 Å². The lowest BCUT2D eigenvalue weighted by atomic mass is 9.97. The second-order valence-corrected chi connectivity index (χ2v) is 4.93. The molecule has 0 aliphatic rings. The highest BCUT2D eigenvalue weighted by Crippen LogP contribution is 2.09. The first-order valence-corrected chi connectivity index (χ1v) is 5.38. The monoisotopic (exact) mass is 202 g/mol. The summed E-state index contributed by atoms with van der Waals surface area (Å²) in [5.41, 5.74) is 0.288. The van der Waals surface area contributed by atoms with Crippen LogP contribution in [-0.4, -0.2) is 18.2 Å². The molecule has 0 aromatic heterocycles. The molecule has 0 fully saturated rings. The molecule has 0 spiro atoms. The minimum absolute atomic E-state index is 0.288. The fraction of sp³-hybridized carbons (Fsp3) is 0.900. The minimum Gasteiger partial charge on any atom is -0.363 e. The van der Waals surface area contributed by atoms with Gasteiger partial charge in [-0.3, -0.25) is 0 Å². The maximum absolute atomic E-state index is 5.11. The molecular weight excluding hydrogens is 180 g/mol. The normalized spacial score (nSPS) is 11.1. The summed E-state index contributed by atoms with van der Waals surface area (Å²) in [6.07, 6.45) is 2.38. The van der Waals surface area contributed by atoms with Crippen LogP contribution in [0.2, 0.25) is 0 Å². The summed E-state index contributed by atoms with van der Waals surface area (Å²) in [4.78, 5) is 0. The molecule has 0 heterocycles. The Hall–Kier alpha value is -0.310. The van der Waals surface area contributed by atoms with Crippen molar-refractivity contribution in [3.05, 3.63) is 0 Å². The largest absolute Gasteiger partial charge is 0.363 e. The molecule has 0 aromatic carbocycles. The van der Waals surface area contributed by atoms with Crippen LogP contribution in [0.25, 0.3) is 0 Å². The molecule has 0 aliphatic heterocycles. The van der Waals surface area contributed by atoms with E-state index in [2.05, 4.69) is 38.3 Å². The Morgan fingerprint density at radius 2 is 1.85 bits per heavy atom. The predicted molar refractivity (Wildman–Crippen MR) is 63.0 cm³/mol. The predicted octanol–water partition coefficient (Wildman–Crippen LogP) is 2.30. The molecule has 0 radical (unpaired) electrons. The first-order chi connectivity index (χ1) is 5.95. The second-order valence-electron chi connectivity index (χ2n) is 4.52. The van der Waals surface area contributed by atoms with Crippen LogP contribution in [0.3, 0.4) is 0 Å². The Morgan fingerprint density at radius 1 is 1.23 bits per heavy atom. The third-order valence-corrected chi connectivity index (χ3v) is 1.88. The molecule has 0 aromatic rings. The zero-order valence-corrected chi connectivity index (χ0v) is 10.1. The number of nitrogens with one attached hydrogen (secondary N) is 2. The molecule has 0 aliphatic carbocycles. The molecule has 78 valence electrons. The van der Waals surface area contributed by atoms with Crippen LogP contribution in [0, 0.1) is 5.41 Å². The van der Waals surface area contributed by atoms with Gasteiger partial charge in [-0.25, -0.2) is 0 Å². The molecule has 0 saturated carbocycles. The average molecular weight is 202 g/mol. The third-order valence-electron chi connectivity index (χ3n) is 1.60. The van der Waals surface area contributed by atoms with E-state index in [-0.39, 0.29) is 5.41 Å². The van der Waals surface area contributed by atoms with E-state index in [0.717, 1.165) is 18.2 Å². The van der Waals surface area contributed by atoms with Crippen molar-refractivity contribution in [3.63, 3.8) is 0 Å². The van der Waals surface area contributed by atoms with Crippen molar-refractivity contribution < 1.29 is 0 Å². The van der Waals surface area contributed by atoms with Gasteiger partial charge in [0, 0.05) is 13.1 Å². The van der Waals surface area contributed by atoms with E-state index in [1.54, 1.807) is 0 Å². The molecular formula is C10H22N2S. The summed E-state index contributed by atoms with van der Waals surface area (Å²) < 4.78 is 0. The summed E-state index contributed by atoms with van der Waals surface area (Å²) in [5.74, 6) is 0. The van der Waals surface area contributed by atoms with E-state index in [1.165, 1.54) is 12.8 Å². The van der Waals surface area contributed by atoms with Crippen LogP contribution in [0.5, 0.6) is 0 Å². The number of hydrogen-bond donors (Lipinski definition) is 2. The van der Waals surface area contributed by atoms with Crippen LogP contribution in [-0.2, 0) is 0 Å². The average Bonchev–Trinajstić information content (AvgIpc) is 2.00. The fourth-order valence-corrected chi connectivity index (χ4v) is 0.961. The minimum atomic E-state index is 0.288. The number of unbranched alkanes of at least 4 members (excludes halogenated alkanes) is 1. The molecule has 0 saturated heterocycles. The van der Waals surface area contributed by atoms with Gasteiger partial charge in [0.2, 0.25) is 0 Å². The Labute approximate surface area is 87.5 Å². The van der Waals surface area contributed by atoms with Crippen LogP contribution in [0.15, 0.2) is 0 Å². The molecule has 0 unspecified atom stereocenters. The highest BCUT2D eigenvalue weighted by Gasteiger charge is 2.09. The van der Waals surface area contributed by atoms with Gasteiger partial charge >= 0.3 is 0 Å². The lowest BCUT2D eigenvalue weighted by Crippen LogP contribution is -2.39. The molecule has 13 heavy (non-hydrogen) atoms. The lowest BCUT2D eigenvalue weighted by Gasteiger charge is -2.20. The topological polar surface area (TPSA) is 24.1 Å². The molecule has 2 nitrogen and oxygen atoms in total. The molecule has 2 N–H and O–H groups in total. The number of thiocarbonyl (C=S) groups is 1. The van der Waals surface area contributed by atoms with Gasteiger partial charge in [-0.15, -0.1) is 0 Å². The second kappa shape index (κ2) is 6.19. The van der Waals surface area contributed by atoms with Gasteiger partial charge < -0.3 is 10.6 Å². The number of rotatable bonds is 4. The van der Waals surface area contributed by atoms with E-state index in [9.17, 15) is 0 Å². The summed E-state index contributed by atoms with van der Waals surface area (Å²) >= 11 is 5.11. The molecule has 0 rings (SSSR count). The van der Waals surface area contributed by atoms with Crippen LogP contribution >= 0.6 is 12.2 Å². The Morgan fingerprint density at radius 3 is 2.31 bits per heavy atom. The summed E-state index contributed by atoms with van der Waals surface area (Å²) in [6.45, 7) is 10.6. The maximum Gasteiger partial charge on any atom is 0.166 e. The van der Waals surface area contributed by atoms with Crippen molar-refractivity contribution in [3.8, 4) is 0 Å². The molecule has 0 atom stereocenters. The van der Waals surface area contributed by atoms with Gasteiger partial charge in [-0.2, -0.15) is 0 Å². The quantitative estimate of drug-likeness (QED) is 0.540. The third kappa shape index (κ3) is 9.61. The smallest absolute Gasteiger partial charge is 0.166 e. The van der Waals surface area contributed by atoms with Crippen LogP contribution in [0.1, 0.15) is 40.5 Å². The standard InChI is InChI=1S/C10H22N2S/c1-5-6-7-11-9(13)12-8-10(2,3)4/h5-8H2,1-4H3,(H2,11,12,13). The molecule has 3 heteroatoms. The van der Waals surface area contributed by atoms with Crippen molar-refractivity contribution in [2.24, 2.45) is 5.41 Å².